The van der Waals surface area contributed by atoms with Gasteiger partial charge in [-0.05, 0) is 19.8 Å². The lowest BCUT2D eigenvalue weighted by Crippen LogP contribution is -2.38. The maximum atomic E-state index is 11.9. The van der Waals surface area contributed by atoms with Crippen molar-refractivity contribution in [2.75, 3.05) is 13.1 Å². The fourth-order valence-electron chi connectivity index (χ4n) is 1.98. The Hall–Kier alpha value is -1.06. The summed E-state index contributed by atoms with van der Waals surface area (Å²) in [5, 5.41) is 2.95. The topological polar surface area (TPSA) is 49.4 Å². The van der Waals surface area contributed by atoms with Gasteiger partial charge >= 0.3 is 0 Å². The quantitative estimate of drug-likeness (QED) is 0.766. The first-order valence-corrected chi connectivity index (χ1v) is 6.66. The molecule has 1 N–H and O–H groups in total. The Bertz CT molecular complexity index is 279. The largest absolute Gasteiger partial charge is 0.353 e. The second kappa shape index (κ2) is 6.62. The van der Waals surface area contributed by atoms with E-state index in [4.69, 9.17) is 0 Å². The molecule has 1 aliphatic heterocycles. The summed E-state index contributed by atoms with van der Waals surface area (Å²) in [6.07, 6.45) is 3.40. The van der Waals surface area contributed by atoms with Crippen LogP contribution in [0.25, 0.3) is 0 Å². The number of carbonyl (C=O) groups is 2. The number of unbranched alkanes of at least 4 members (excludes halogenated alkanes) is 1. The Labute approximate surface area is 104 Å². The molecule has 0 aromatic carbocycles. The average molecular weight is 240 g/mol. The van der Waals surface area contributed by atoms with Crippen molar-refractivity contribution in [3.05, 3.63) is 0 Å². The molecule has 0 spiro atoms. The van der Waals surface area contributed by atoms with Gasteiger partial charge in [0.1, 0.15) is 0 Å². The van der Waals surface area contributed by atoms with Gasteiger partial charge in [0, 0.05) is 25.6 Å². The molecule has 98 valence electrons. The van der Waals surface area contributed by atoms with Crippen LogP contribution in [0.1, 0.15) is 46.5 Å². The van der Waals surface area contributed by atoms with E-state index in [0.29, 0.717) is 13.0 Å². The van der Waals surface area contributed by atoms with Crippen LogP contribution >= 0.6 is 0 Å². The van der Waals surface area contributed by atoms with Gasteiger partial charge in [0.25, 0.3) is 0 Å². The third kappa shape index (κ3) is 4.02. The van der Waals surface area contributed by atoms with Gasteiger partial charge in [0.2, 0.25) is 11.8 Å². The standard InChI is InChI=1S/C13H24N2O2/c1-4-6-7-15-9-11(8-12(15)16)13(17)14-10(3)5-2/h10-11H,4-9H2,1-3H3,(H,14,17)/t10-,11+/m0/s1. The van der Waals surface area contributed by atoms with Gasteiger partial charge in [-0.25, -0.2) is 0 Å². The van der Waals surface area contributed by atoms with E-state index < -0.39 is 0 Å². The highest BCUT2D eigenvalue weighted by atomic mass is 16.2. The van der Waals surface area contributed by atoms with E-state index >= 15 is 0 Å². The highest BCUT2D eigenvalue weighted by Crippen LogP contribution is 2.18. The second-order valence-corrected chi connectivity index (χ2v) is 4.91. The fourth-order valence-corrected chi connectivity index (χ4v) is 1.98. The number of hydrogen-bond donors (Lipinski definition) is 1. The minimum Gasteiger partial charge on any atom is -0.353 e. The lowest BCUT2D eigenvalue weighted by atomic mass is 10.1. The van der Waals surface area contributed by atoms with Crippen LogP contribution in [-0.2, 0) is 9.59 Å². The van der Waals surface area contributed by atoms with E-state index in [2.05, 4.69) is 12.2 Å². The summed E-state index contributed by atoms with van der Waals surface area (Å²) in [7, 11) is 0. The van der Waals surface area contributed by atoms with Crippen LogP contribution in [0.4, 0.5) is 0 Å². The maximum absolute atomic E-state index is 11.9. The molecule has 0 unspecified atom stereocenters. The molecule has 2 amide bonds. The normalized spacial score (nSPS) is 21.7. The van der Waals surface area contributed by atoms with Crippen LogP contribution in [0.3, 0.4) is 0 Å². The molecule has 1 aliphatic rings. The second-order valence-electron chi connectivity index (χ2n) is 4.91. The lowest BCUT2D eigenvalue weighted by molar-refractivity contribution is -0.129. The minimum atomic E-state index is -0.145. The highest BCUT2D eigenvalue weighted by Gasteiger charge is 2.33. The van der Waals surface area contributed by atoms with E-state index in [9.17, 15) is 9.59 Å². The molecule has 0 bridgehead atoms. The Morgan fingerprint density at radius 1 is 1.53 bits per heavy atom. The lowest BCUT2D eigenvalue weighted by Gasteiger charge is -2.17. The molecule has 0 aromatic rings. The number of nitrogens with one attached hydrogen (secondary N) is 1. The van der Waals surface area contributed by atoms with Crippen LogP contribution in [-0.4, -0.2) is 35.8 Å². The van der Waals surface area contributed by atoms with Crippen molar-refractivity contribution in [3.8, 4) is 0 Å². The first-order chi connectivity index (χ1) is 8.08. The molecule has 1 fully saturated rings. The Morgan fingerprint density at radius 2 is 2.24 bits per heavy atom. The van der Waals surface area contributed by atoms with Crippen LogP contribution in [0.15, 0.2) is 0 Å². The number of likely N-dealkylation sites (tertiary alicyclic amines) is 1. The molecular formula is C13H24N2O2. The molecule has 0 aliphatic carbocycles. The van der Waals surface area contributed by atoms with Gasteiger partial charge in [0.05, 0.1) is 5.92 Å². The summed E-state index contributed by atoms with van der Waals surface area (Å²) >= 11 is 0. The average Bonchev–Trinajstić information content (AvgIpc) is 2.68. The zero-order chi connectivity index (χ0) is 12.8. The molecule has 4 heteroatoms. The summed E-state index contributed by atoms with van der Waals surface area (Å²) in [4.78, 5) is 25.4. The Balaban J connectivity index is 2.42. The number of amides is 2. The zero-order valence-electron chi connectivity index (χ0n) is 11.2. The van der Waals surface area contributed by atoms with Crippen LogP contribution in [0.2, 0.25) is 0 Å². The summed E-state index contributed by atoms with van der Waals surface area (Å²) < 4.78 is 0. The van der Waals surface area contributed by atoms with Gasteiger partial charge in [-0.1, -0.05) is 20.3 Å². The van der Waals surface area contributed by atoms with Crippen molar-refractivity contribution in [2.45, 2.75) is 52.5 Å². The number of carbonyl (C=O) groups excluding carboxylic acids is 2. The van der Waals surface area contributed by atoms with E-state index in [1.807, 2.05) is 18.7 Å². The van der Waals surface area contributed by atoms with E-state index in [1.165, 1.54) is 0 Å². The van der Waals surface area contributed by atoms with Gasteiger partial charge < -0.3 is 10.2 Å². The molecule has 1 heterocycles. The SMILES string of the molecule is CCCCN1C[C@H](C(=O)N[C@@H](C)CC)CC1=O. The van der Waals surface area contributed by atoms with E-state index in [-0.39, 0.29) is 23.8 Å². The van der Waals surface area contributed by atoms with Crippen molar-refractivity contribution in [2.24, 2.45) is 5.92 Å². The molecule has 4 nitrogen and oxygen atoms in total. The van der Waals surface area contributed by atoms with Crippen molar-refractivity contribution >= 4 is 11.8 Å². The van der Waals surface area contributed by atoms with Crippen molar-refractivity contribution < 1.29 is 9.59 Å². The first kappa shape index (κ1) is 14.0. The zero-order valence-corrected chi connectivity index (χ0v) is 11.2. The highest BCUT2D eigenvalue weighted by molar-refractivity contribution is 5.89. The van der Waals surface area contributed by atoms with Crippen LogP contribution in [0, 0.1) is 5.92 Å². The monoisotopic (exact) mass is 240 g/mol. The van der Waals surface area contributed by atoms with E-state index in [1.54, 1.807) is 0 Å². The summed E-state index contributed by atoms with van der Waals surface area (Å²) in [5.74, 6) is 0.0165. The Morgan fingerprint density at radius 3 is 2.82 bits per heavy atom. The van der Waals surface area contributed by atoms with Gasteiger partial charge in [-0.15, -0.1) is 0 Å². The van der Waals surface area contributed by atoms with Crippen molar-refractivity contribution in [1.82, 2.24) is 10.2 Å². The summed E-state index contributed by atoms with van der Waals surface area (Å²) in [5.41, 5.74) is 0. The fraction of sp³-hybridized carbons (Fsp3) is 0.846. The van der Waals surface area contributed by atoms with Crippen molar-refractivity contribution in [1.29, 1.82) is 0 Å². The third-order valence-electron chi connectivity index (χ3n) is 3.37. The van der Waals surface area contributed by atoms with Gasteiger partial charge in [0.15, 0.2) is 0 Å². The Kier molecular flexibility index (Phi) is 5.45. The predicted octanol–water partition coefficient (Wildman–Crippen LogP) is 1.55. The van der Waals surface area contributed by atoms with Gasteiger partial charge in [-0.2, -0.15) is 0 Å². The van der Waals surface area contributed by atoms with Crippen LogP contribution in [0.5, 0.6) is 0 Å². The molecule has 0 radical (unpaired) electrons. The summed E-state index contributed by atoms with van der Waals surface area (Å²) in [6, 6.07) is 0.197. The number of rotatable bonds is 6. The molecular weight excluding hydrogens is 216 g/mol. The maximum Gasteiger partial charge on any atom is 0.225 e. The third-order valence-corrected chi connectivity index (χ3v) is 3.37. The minimum absolute atomic E-state index is 0.0340. The van der Waals surface area contributed by atoms with E-state index in [0.717, 1.165) is 25.8 Å². The molecule has 0 aromatic heterocycles. The predicted molar refractivity (Wildman–Crippen MR) is 67.5 cm³/mol. The summed E-state index contributed by atoms with van der Waals surface area (Å²) in [6.45, 7) is 7.53. The first-order valence-electron chi connectivity index (χ1n) is 6.66. The molecule has 17 heavy (non-hydrogen) atoms. The molecule has 1 rings (SSSR count). The molecule has 1 saturated heterocycles. The van der Waals surface area contributed by atoms with Crippen LogP contribution < -0.4 is 5.32 Å². The molecule has 2 atom stereocenters. The molecule has 0 saturated carbocycles. The van der Waals surface area contributed by atoms with Gasteiger partial charge in [-0.3, -0.25) is 9.59 Å². The number of nitrogens with zero attached hydrogens (tertiary/aromatic N) is 1. The number of hydrogen-bond acceptors (Lipinski definition) is 2. The van der Waals surface area contributed by atoms with Crippen molar-refractivity contribution in [3.63, 3.8) is 0 Å². The smallest absolute Gasteiger partial charge is 0.225 e.